The molecule has 0 radical (unpaired) electrons. The number of fused-ring (bicyclic) bond motifs is 1. The van der Waals surface area contributed by atoms with E-state index in [0.717, 1.165) is 11.0 Å². The summed E-state index contributed by atoms with van der Waals surface area (Å²) in [4.78, 5) is 12.2. The monoisotopic (exact) mass is 286 g/mol. The second-order valence-electron chi connectivity index (χ2n) is 4.78. The van der Waals surface area contributed by atoms with E-state index in [1.54, 1.807) is 28.3 Å². The van der Waals surface area contributed by atoms with Crippen molar-refractivity contribution in [1.29, 1.82) is 0 Å². The van der Waals surface area contributed by atoms with Crippen molar-refractivity contribution in [2.24, 2.45) is 7.05 Å². The summed E-state index contributed by atoms with van der Waals surface area (Å²) in [6.45, 7) is 0.789. The van der Waals surface area contributed by atoms with E-state index in [1.807, 2.05) is 24.3 Å². The highest BCUT2D eigenvalue weighted by Gasteiger charge is 2.09. The number of benzene rings is 2. The maximum absolute atomic E-state index is 12.8. The van der Waals surface area contributed by atoms with Crippen molar-refractivity contribution in [1.82, 2.24) is 9.13 Å². The molecule has 0 atom stereocenters. The van der Waals surface area contributed by atoms with Gasteiger partial charge in [0.05, 0.1) is 17.6 Å². The first-order valence-electron chi connectivity index (χ1n) is 6.69. The first-order valence-corrected chi connectivity index (χ1v) is 6.69. The lowest BCUT2D eigenvalue weighted by Gasteiger charge is -2.07. The molecule has 1 heterocycles. The Morgan fingerprint density at radius 3 is 2.43 bits per heavy atom. The fraction of sp³-hybridized carbons (Fsp3) is 0.188. The summed E-state index contributed by atoms with van der Waals surface area (Å²) < 4.78 is 21.6. The Morgan fingerprint density at radius 2 is 1.71 bits per heavy atom. The average Bonchev–Trinajstić information content (AvgIpc) is 2.75. The van der Waals surface area contributed by atoms with Crippen molar-refractivity contribution in [2.75, 3.05) is 6.61 Å². The summed E-state index contributed by atoms with van der Waals surface area (Å²) in [5.74, 6) is 0.289. The molecule has 0 N–H and O–H groups in total. The number of halogens is 1. The number of rotatable bonds is 4. The van der Waals surface area contributed by atoms with Crippen molar-refractivity contribution in [3.8, 4) is 5.75 Å². The maximum atomic E-state index is 12.8. The zero-order valence-electron chi connectivity index (χ0n) is 11.6. The summed E-state index contributed by atoms with van der Waals surface area (Å²) in [6, 6.07) is 13.5. The van der Waals surface area contributed by atoms with Gasteiger partial charge in [-0.15, -0.1) is 0 Å². The Hall–Kier alpha value is -2.56. The predicted molar refractivity (Wildman–Crippen MR) is 79.1 cm³/mol. The molecule has 0 amide bonds. The van der Waals surface area contributed by atoms with Crippen molar-refractivity contribution in [3.63, 3.8) is 0 Å². The van der Waals surface area contributed by atoms with Crippen LogP contribution in [0, 0.1) is 5.82 Å². The minimum atomic E-state index is -0.298. The number of nitrogens with zero attached hydrogens (tertiary/aromatic N) is 2. The topological polar surface area (TPSA) is 36.2 Å². The third kappa shape index (κ3) is 2.54. The zero-order chi connectivity index (χ0) is 14.8. The number of aromatic nitrogens is 2. The molecule has 0 aliphatic heterocycles. The zero-order valence-corrected chi connectivity index (χ0v) is 11.6. The van der Waals surface area contributed by atoms with Gasteiger partial charge in [-0.1, -0.05) is 12.1 Å². The lowest BCUT2D eigenvalue weighted by molar-refractivity contribution is 0.297. The molecular weight excluding hydrogens is 271 g/mol. The van der Waals surface area contributed by atoms with Crippen LogP contribution in [0.5, 0.6) is 5.75 Å². The van der Waals surface area contributed by atoms with Crippen LogP contribution in [0.15, 0.2) is 53.3 Å². The van der Waals surface area contributed by atoms with Crippen LogP contribution in [0.25, 0.3) is 11.0 Å². The summed E-state index contributed by atoms with van der Waals surface area (Å²) in [5.41, 5.74) is 1.70. The van der Waals surface area contributed by atoms with Gasteiger partial charge in [-0.3, -0.25) is 9.13 Å². The van der Waals surface area contributed by atoms with Crippen LogP contribution in [0.4, 0.5) is 4.39 Å². The first-order chi connectivity index (χ1) is 10.2. The highest BCUT2D eigenvalue weighted by Crippen LogP contribution is 2.13. The summed E-state index contributed by atoms with van der Waals surface area (Å²) >= 11 is 0. The fourth-order valence-electron chi connectivity index (χ4n) is 2.36. The molecule has 3 aromatic rings. The quantitative estimate of drug-likeness (QED) is 0.739. The maximum Gasteiger partial charge on any atom is 0.328 e. The Bertz CT molecular complexity index is 818. The molecule has 0 aliphatic carbocycles. The molecule has 0 unspecified atom stereocenters. The molecule has 4 nitrogen and oxygen atoms in total. The number of hydrogen-bond donors (Lipinski definition) is 0. The fourth-order valence-corrected chi connectivity index (χ4v) is 2.36. The third-order valence-corrected chi connectivity index (χ3v) is 3.45. The van der Waals surface area contributed by atoms with Crippen LogP contribution in [-0.2, 0) is 13.6 Å². The van der Waals surface area contributed by atoms with E-state index >= 15 is 0 Å². The van der Waals surface area contributed by atoms with E-state index in [4.69, 9.17) is 4.74 Å². The van der Waals surface area contributed by atoms with E-state index in [2.05, 4.69) is 0 Å². The van der Waals surface area contributed by atoms with Gasteiger partial charge >= 0.3 is 5.69 Å². The van der Waals surface area contributed by atoms with Gasteiger partial charge in [0.2, 0.25) is 0 Å². The molecule has 0 saturated carbocycles. The second-order valence-corrected chi connectivity index (χ2v) is 4.78. The highest BCUT2D eigenvalue weighted by atomic mass is 19.1. The van der Waals surface area contributed by atoms with Gasteiger partial charge in [0.25, 0.3) is 0 Å². The van der Waals surface area contributed by atoms with Gasteiger partial charge in [-0.05, 0) is 36.4 Å². The van der Waals surface area contributed by atoms with Gasteiger partial charge < -0.3 is 4.74 Å². The van der Waals surface area contributed by atoms with Crippen molar-refractivity contribution in [2.45, 2.75) is 6.54 Å². The van der Waals surface area contributed by atoms with E-state index in [1.165, 1.54) is 12.1 Å². The number of aryl methyl sites for hydroxylation is 1. The Kier molecular flexibility index (Phi) is 3.48. The van der Waals surface area contributed by atoms with Crippen LogP contribution in [0.2, 0.25) is 0 Å². The minimum Gasteiger partial charge on any atom is -0.492 e. The molecule has 0 aliphatic rings. The van der Waals surface area contributed by atoms with Gasteiger partial charge in [-0.2, -0.15) is 0 Å². The van der Waals surface area contributed by atoms with Crippen molar-refractivity contribution < 1.29 is 9.13 Å². The summed E-state index contributed by atoms with van der Waals surface area (Å²) in [5, 5.41) is 0. The molecule has 0 fully saturated rings. The van der Waals surface area contributed by atoms with E-state index in [0.29, 0.717) is 18.9 Å². The predicted octanol–water partition coefficient (Wildman–Crippen LogP) is 2.56. The molecule has 0 spiro atoms. The first kappa shape index (κ1) is 13.4. The molecule has 21 heavy (non-hydrogen) atoms. The Morgan fingerprint density at radius 1 is 1.05 bits per heavy atom. The van der Waals surface area contributed by atoms with Crippen LogP contribution in [0.3, 0.4) is 0 Å². The van der Waals surface area contributed by atoms with Crippen LogP contribution in [0.1, 0.15) is 0 Å². The van der Waals surface area contributed by atoms with Crippen molar-refractivity contribution >= 4 is 11.0 Å². The van der Waals surface area contributed by atoms with Gasteiger partial charge in [-0.25, -0.2) is 9.18 Å². The van der Waals surface area contributed by atoms with Crippen LogP contribution < -0.4 is 10.4 Å². The lowest BCUT2D eigenvalue weighted by atomic mass is 10.3. The van der Waals surface area contributed by atoms with Crippen molar-refractivity contribution in [3.05, 3.63) is 64.8 Å². The highest BCUT2D eigenvalue weighted by molar-refractivity contribution is 5.75. The standard InChI is InChI=1S/C16H15FN2O2/c1-18-14-4-2-3-5-15(14)19(16(18)20)10-11-21-13-8-6-12(17)7-9-13/h2-9H,10-11H2,1H3. The van der Waals surface area contributed by atoms with E-state index in [-0.39, 0.29) is 11.5 Å². The average molecular weight is 286 g/mol. The minimum absolute atomic E-state index is 0.0705. The normalized spacial score (nSPS) is 11.0. The molecular formula is C16H15FN2O2. The Balaban J connectivity index is 1.78. The number of hydrogen-bond acceptors (Lipinski definition) is 2. The third-order valence-electron chi connectivity index (χ3n) is 3.45. The molecule has 0 saturated heterocycles. The van der Waals surface area contributed by atoms with E-state index in [9.17, 15) is 9.18 Å². The molecule has 2 aromatic carbocycles. The smallest absolute Gasteiger partial charge is 0.328 e. The molecule has 0 bridgehead atoms. The van der Waals surface area contributed by atoms with Crippen LogP contribution in [-0.4, -0.2) is 15.7 Å². The number of imidazole rings is 1. The number of ether oxygens (including phenoxy) is 1. The lowest BCUT2D eigenvalue weighted by Crippen LogP contribution is -2.24. The summed E-state index contributed by atoms with van der Waals surface area (Å²) in [7, 11) is 1.75. The number of para-hydroxylation sites is 2. The SMILES string of the molecule is Cn1c(=O)n(CCOc2ccc(F)cc2)c2ccccc21. The largest absolute Gasteiger partial charge is 0.492 e. The second kappa shape index (κ2) is 5.44. The molecule has 3 rings (SSSR count). The molecule has 1 aromatic heterocycles. The molecule has 5 heteroatoms. The van der Waals surface area contributed by atoms with Gasteiger partial charge in [0.1, 0.15) is 18.2 Å². The van der Waals surface area contributed by atoms with Gasteiger partial charge in [0, 0.05) is 7.05 Å². The molecule has 108 valence electrons. The van der Waals surface area contributed by atoms with E-state index < -0.39 is 0 Å². The van der Waals surface area contributed by atoms with Crippen LogP contribution >= 0.6 is 0 Å². The summed E-state index contributed by atoms with van der Waals surface area (Å²) in [6.07, 6.45) is 0. The Labute approximate surface area is 121 Å². The van der Waals surface area contributed by atoms with Gasteiger partial charge in [0.15, 0.2) is 0 Å².